The fraction of sp³-hybridized carbons (Fsp3) is 0.474. The number of urea groups is 1. The largest absolute Gasteiger partial charge is 0.416 e. The molecule has 2 aliphatic heterocycles. The van der Waals surface area contributed by atoms with Gasteiger partial charge in [0, 0.05) is 25.9 Å². The van der Waals surface area contributed by atoms with E-state index in [0.717, 1.165) is 12.1 Å². The molecule has 30 heavy (non-hydrogen) atoms. The maximum atomic E-state index is 13.1. The summed E-state index contributed by atoms with van der Waals surface area (Å²) in [5.74, 6) is -1.16. The molecule has 0 saturated carbocycles. The molecule has 2 fully saturated rings. The molecule has 1 aromatic rings. The van der Waals surface area contributed by atoms with Gasteiger partial charge < -0.3 is 15.5 Å². The van der Waals surface area contributed by atoms with E-state index < -0.39 is 41.7 Å². The van der Waals surface area contributed by atoms with Gasteiger partial charge in [0.1, 0.15) is 6.04 Å². The minimum absolute atomic E-state index is 0.0430. The van der Waals surface area contributed by atoms with Gasteiger partial charge in [-0.1, -0.05) is 12.1 Å². The van der Waals surface area contributed by atoms with E-state index in [4.69, 9.17) is 0 Å². The molecule has 2 saturated heterocycles. The summed E-state index contributed by atoms with van der Waals surface area (Å²) >= 11 is 0. The Labute approximate surface area is 170 Å². The van der Waals surface area contributed by atoms with Gasteiger partial charge in [-0.2, -0.15) is 13.2 Å². The van der Waals surface area contributed by atoms with Gasteiger partial charge in [0.25, 0.3) is 5.91 Å². The number of hydrogen-bond donors (Lipinski definition) is 3. The van der Waals surface area contributed by atoms with E-state index in [9.17, 15) is 32.3 Å². The van der Waals surface area contributed by atoms with Crippen LogP contribution >= 0.6 is 0 Å². The van der Waals surface area contributed by atoms with Gasteiger partial charge in [0.05, 0.1) is 11.6 Å². The summed E-state index contributed by atoms with van der Waals surface area (Å²) in [5.41, 5.74) is -0.623. The van der Waals surface area contributed by atoms with Crippen LogP contribution in [-0.4, -0.2) is 47.8 Å². The van der Waals surface area contributed by atoms with Crippen LogP contribution < -0.4 is 16.0 Å². The molecule has 3 N–H and O–H groups in total. The molecule has 0 unspecified atom stereocenters. The van der Waals surface area contributed by atoms with E-state index in [2.05, 4.69) is 16.0 Å². The minimum Gasteiger partial charge on any atom is -0.348 e. The van der Waals surface area contributed by atoms with Crippen LogP contribution in [0.15, 0.2) is 24.3 Å². The lowest BCUT2D eigenvalue weighted by Crippen LogP contribution is -2.39. The number of amides is 5. The molecule has 0 spiro atoms. The Hall–Kier alpha value is -3.11. The van der Waals surface area contributed by atoms with Crippen molar-refractivity contribution in [3.8, 4) is 0 Å². The van der Waals surface area contributed by atoms with Gasteiger partial charge in [-0.25, -0.2) is 4.79 Å². The van der Waals surface area contributed by atoms with Gasteiger partial charge in [0.15, 0.2) is 0 Å². The van der Waals surface area contributed by atoms with Crippen molar-refractivity contribution in [3.63, 3.8) is 0 Å². The highest BCUT2D eigenvalue weighted by Crippen LogP contribution is 2.31. The number of likely N-dealkylation sites (tertiary alicyclic amines) is 1. The quantitative estimate of drug-likeness (QED) is 0.574. The topological polar surface area (TPSA) is 108 Å². The van der Waals surface area contributed by atoms with Crippen molar-refractivity contribution in [2.24, 2.45) is 0 Å². The van der Waals surface area contributed by atoms with Crippen molar-refractivity contribution < 1.29 is 32.3 Å². The second kappa shape index (κ2) is 8.72. The zero-order chi connectivity index (χ0) is 21.9. The standard InChI is InChI=1S/C19H21F3N4O4/c20-19(21,22)12-4-1-3-11(9-12)14(10-26-8-2-5-16(26)28)23-15(27)7-6-13-17(29)25-18(30)24-13/h1,3-4,9,13-14H,2,5-8,10H2,(H,23,27)(H2,24,25,29,30)/t13-,14-/m1/s1. The number of rotatable bonds is 7. The van der Waals surface area contributed by atoms with Crippen LogP contribution in [0.3, 0.4) is 0 Å². The number of nitrogens with one attached hydrogen (secondary N) is 3. The Balaban J connectivity index is 1.71. The van der Waals surface area contributed by atoms with E-state index in [1.165, 1.54) is 17.0 Å². The first kappa shape index (κ1) is 21.6. The van der Waals surface area contributed by atoms with Crippen LogP contribution in [0.1, 0.15) is 42.9 Å². The molecule has 1 aromatic carbocycles. The predicted molar refractivity (Wildman–Crippen MR) is 97.8 cm³/mol. The van der Waals surface area contributed by atoms with Gasteiger partial charge in [-0.15, -0.1) is 0 Å². The highest BCUT2D eigenvalue weighted by Gasteiger charge is 2.33. The average Bonchev–Trinajstić information content (AvgIpc) is 3.23. The fourth-order valence-electron chi connectivity index (χ4n) is 3.49. The van der Waals surface area contributed by atoms with Crippen molar-refractivity contribution >= 4 is 23.8 Å². The molecular weight excluding hydrogens is 405 g/mol. The lowest BCUT2D eigenvalue weighted by Gasteiger charge is -2.26. The Morgan fingerprint density at radius 1 is 1.27 bits per heavy atom. The number of carbonyl (C=O) groups excluding carboxylic acids is 4. The first-order chi connectivity index (χ1) is 14.1. The van der Waals surface area contributed by atoms with Gasteiger partial charge in [-0.3, -0.25) is 19.7 Å². The summed E-state index contributed by atoms with van der Waals surface area (Å²) in [7, 11) is 0. The number of nitrogens with zero attached hydrogens (tertiary/aromatic N) is 1. The van der Waals surface area contributed by atoms with E-state index in [-0.39, 0.29) is 30.9 Å². The molecule has 0 aromatic heterocycles. The number of alkyl halides is 3. The fourth-order valence-corrected chi connectivity index (χ4v) is 3.49. The SMILES string of the molecule is O=C(CC[C@H]1NC(=O)NC1=O)N[C@H](CN1CCCC1=O)c1cccc(C(F)(F)F)c1. The third-order valence-corrected chi connectivity index (χ3v) is 5.04. The zero-order valence-corrected chi connectivity index (χ0v) is 15.9. The molecule has 8 nitrogen and oxygen atoms in total. The second-order valence-electron chi connectivity index (χ2n) is 7.24. The summed E-state index contributed by atoms with van der Waals surface area (Å²) in [5, 5.41) is 7.10. The van der Waals surface area contributed by atoms with Crippen LogP contribution in [-0.2, 0) is 20.6 Å². The van der Waals surface area contributed by atoms with Crippen molar-refractivity contribution in [2.75, 3.05) is 13.1 Å². The maximum absolute atomic E-state index is 13.1. The Bertz CT molecular complexity index is 858. The monoisotopic (exact) mass is 426 g/mol. The summed E-state index contributed by atoms with van der Waals surface area (Å²) in [6.45, 7) is 0.519. The van der Waals surface area contributed by atoms with Crippen LogP contribution in [0.25, 0.3) is 0 Å². The maximum Gasteiger partial charge on any atom is 0.416 e. The molecule has 0 radical (unpaired) electrons. The van der Waals surface area contributed by atoms with Crippen molar-refractivity contribution in [1.29, 1.82) is 0 Å². The Morgan fingerprint density at radius 2 is 2.03 bits per heavy atom. The van der Waals surface area contributed by atoms with E-state index in [1.54, 1.807) is 0 Å². The molecule has 2 aliphatic rings. The average molecular weight is 426 g/mol. The van der Waals surface area contributed by atoms with Gasteiger partial charge in [0.2, 0.25) is 11.8 Å². The number of carbonyl (C=O) groups is 4. The van der Waals surface area contributed by atoms with Crippen molar-refractivity contribution in [1.82, 2.24) is 20.9 Å². The Morgan fingerprint density at radius 3 is 2.63 bits per heavy atom. The number of hydrogen-bond acceptors (Lipinski definition) is 4. The molecule has 162 valence electrons. The molecule has 3 rings (SSSR count). The Kier molecular flexibility index (Phi) is 6.28. The minimum atomic E-state index is -4.54. The highest BCUT2D eigenvalue weighted by molar-refractivity contribution is 6.04. The van der Waals surface area contributed by atoms with Crippen LogP contribution in [0, 0.1) is 0 Å². The molecular formula is C19H21F3N4O4. The second-order valence-corrected chi connectivity index (χ2v) is 7.24. The van der Waals surface area contributed by atoms with E-state index in [1.807, 2.05) is 0 Å². The van der Waals surface area contributed by atoms with Crippen molar-refractivity contribution in [3.05, 3.63) is 35.4 Å². The smallest absolute Gasteiger partial charge is 0.348 e. The summed E-state index contributed by atoms with van der Waals surface area (Å²) in [4.78, 5) is 48.6. The highest BCUT2D eigenvalue weighted by atomic mass is 19.4. The molecule has 11 heteroatoms. The van der Waals surface area contributed by atoms with E-state index in [0.29, 0.717) is 19.4 Å². The third-order valence-electron chi connectivity index (χ3n) is 5.04. The zero-order valence-electron chi connectivity index (χ0n) is 15.9. The lowest BCUT2D eigenvalue weighted by molar-refractivity contribution is -0.137. The summed E-state index contributed by atoms with van der Waals surface area (Å²) < 4.78 is 39.3. The third kappa shape index (κ3) is 5.28. The summed E-state index contributed by atoms with van der Waals surface area (Å²) in [6.07, 6.45) is -3.61. The molecule has 0 aliphatic carbocycles. The molecule has 0 bridgehead atoms. The first-order valence-corrected chi connectivity index (χ1v) is 9.49. The van der Waals surface area contributed by atoms with E-state index >= 15 is 0 Å². The van der Waals surface area contributed by atoms with Crippen LogP contribution in [0.5, 0.6) is 0 Å². The lowest BCUT2D eigenvalue weighted by atomic mass is 10.0. The van der Waals surface area contributed by atoms with Crippen LogP contribution in [0.2, 0.25) is 0 Å². The molecule has 2 atom stereocenters. The molecule has 5 amide bonds. The normalized spacial score (nSPS) is 20.2. The molecule has 2 heterocycles. The van der Waals surface area contributed by atoms with Crippen molar-refractivity contribution in [2.45, 2.75) is 43.9 Å². The van der Waals surface area contributed by atoms with Crippen LogP contribution in [0.4, 0.5) is 18.0 Å². The number of imide groups is 1. The van der Waals surface area contributed by atoms with Gasteiger partial charge >= 0.3 is 12.2 Å². The first-order valence-electron chi connectivity index (χ1n) is 9.49. The van der Waals surface area contributed by atoms with Gasteiger partial charge in [-0.05, 0) is 30.5 Å². The predicted octanol–water partition coefficient (Wildman–Crippen LogP) is 1.47. The number of benzene rings is 1. The summed E-state index contributed by atoms with van der Waals surface area (Å²) in [6, 6.07) is 2.29. The number of halogens is 3.